The van der Waals surface area contributed by atoms with Crippen molar-refractivity contribution in [2.24, 2.45) is 5.41 Å². The van der Waals surface area contributed by atoms with Crippen molar-refractivity contribution in [3.8, 4) is 0 Å². The molecule has 1 spiro atoms. The van der Waals surface area contributed by atoms with Crippen molar-refractivity contribution in [3.05, 3.63) is 22.7 Å². The molecule has 1 heterocycles. The van der Waals surface area contributed by atoms with Gasteiger partial charge in [-0.15, -0.1) is 0 Å². The van der Waals surface area contributed by atoms with Crippen LogP contribution in [0.2, 0.25) is 5.02 Å². The number of hydrogen-bond acceptors (Lipinski definition) is 4. The van der Waals surface area contributed by atoms with E-state index in [0.29, 0.717) is 11.3 Å². The zero-order chi connectivity index (χ0) is 16.1. The zero-order valence-electron chi connectivity index (χ0n) is 13.1. The lowest BCUT2D eigenvalue weighted by Crippen LogP contribution is -2.50. The zero-order valence-corrected chi connectivity index (χ0v) is 14.7. The van der Waals surface area contributed by atoms with Crippen LogP contribution < -0.4 is 5.73 Å². The summed E-state index contributed by atoms with van der Waals surface area (Å²) < 4.78 is 25.9. The van der Waals surface area contributed by atoms with Crippen LogP contribution in [0.25, 0.3) is 0 Å². The van der Waals surface area contributed by atoms with Crippen molar-refractivity contribution >= 4 is 27.1 Å². The molecule has 2 fully saturated rings. The van der Waals surface area contributed by atoms with Gasteiger partial charge in [-0.25, -0.2) is 8.42 Å². The van der Waals surface area contributed by atoms with Crippen LogP contribution in [0.15, 0.2) is 17.0 Å². The Kier molecular flexibility index (Phi) is 3.94. The third-order valence-corrected chi connectivity index (χ3v) is 8.23. The quantitative estimate of drug-likeness (QED) is 0.839. The number of nitrogens with two attached hydrogens (primary N) is 1. The Morgan fingerprint density at radius 3 is 2.45 bits per heavy atom. The van der Waals surface area contributed by atoms with Crippen LogP contribution in [-0.4, -0.2) is 38.7 Å². The van der Waals surface area contributed by atoms with E-state index in [1.54, 1.807) is 19.1 Å². The largest absolute Gasteiger partial charge is 0.398 e. The topological polar surface area (TPSA) is 63.4 Å². The SMILES string of the molecule is Cc1c(N)ccc(Cl)c1S(=O)(=O)C1CC2(CCN(C)CC2)C1. The van der Waals surface area contributed by atoms with Gasteiger partial charge in [0.25, 0.3) is 0 Å². The fourth-order valence-corrected chi connectivity index (χ4v) is 6.71. The number of hydrogen-bond donors (Lipinski definition) is 1. The third-order valence-electron chi connectivity index (χ3n) is 5.49. The maximum absolute atomic E-state index is 12.9. The van der Waals surface area contributed by atoms with E-state index in [9.17, 15) is 8.42 Å². The van der Waals surface area contributed by atoms with Gasteiger partial charge in [0.1, 0.15) is 0 Å². The summed E-state index contributed by atoms with van der Waals surface area (Å²) in [5.74, 6) is 0. The molecule has 4 nitrogen and oxygen atoms in total. The van der Waals surface area contributed by atoms with Crippen LogP contribution in [0.4, 0.5) is 5.69 Å². The van der Waals surface area contributed by atoms with Crippen LogP contribution in [-0.2, 0) is 9.84 Å². The van der Waals surface area contributed by atoms with E-state index in [2.05, 4.69) is 11.9 Å². The molecule has 2 aliphatic rings. The average molecular weight is 343 g/mol. The van der Waals surface area contributed by atoms with Gasteiger partial charge >= 0.3 is 0 Å². The number of halogens is 1. The maximum atomic E-state index is 12.9. The van der Waals surface area contributed by atoms with Crippen molar-refractivity contribution in [2.75, 3.05) is 25.9 Å². The molecule has 0 unspecified atom stereocenters. The molecule has 0 atom stereocenters. The molecular formula is C16H23ClN2O2S. The summed E-state index contributed by atoms with van der Waals surface area (Å²) in [5, 5.41) is -0.0232. The average Bonchev–Trinajstić information content (AvgIpc) is 2.41. The molecule has 1 aromatic carbocycles. The smallest absolute Gasteiger partial charge is 0.183 e. The molecule has 1 saturated carbocycles. The van der Waals surface area contributed by atoms with E-state index >= 15 is 0 Å². The first-order valence-corrected chi connectivity index (χ1v) is 9.65. The molecule has 6 heteroatoms. The second kappa shape index (κ2) is 5.39. The second-order valence-electron chi connectivity index (χ2n) is 6.97. The van der Waals surface area contributed by atoms with Crippen molar-refractivity contribution < 1.29 is 8.42 Å². The Hall–Kier alpha value is -0.780. The lowest BCUT2D eigenvalue weighted by Gasteiger charge is -2.51. The molecule has 22 heavy (non-hydrogen) atoms. The molecule has 0 aromatic heterocycles. The fraction of sp³-hybridized carbons (Fsp3) is 0.625. The van der Waals surface area contributed by atoms with E-state index in [1.807, 2.05) is 0 Å². The van der Waals surface area contributed by atoms with Crippen molar-refractivity contribution in [1.29, 1.82) is 0 Å². The van der Waals surface area contributed by atoms with E-state index in [-0.39, 0.29) is 20.6 Å². The second-order valence-corrected chi connectivity index (χ2v) is 9.54. The van der Waals surface area contributed by atoms with Crippen molar-refractivity contribution in [1.82, 2.24) is 4.90 Å². The van der Waals surface area contributed by atoms with Gasteiger partial charge in [0.2, 0.25) is 0 Å². The van der Waals surface area contributed by atoms with Gasteiger partial charge in [-0.2, -0.15) is 0 Å². The molecule has 1 aliphatic carbocycles. The summed E-state index contributed by atoms with van der Waals surface area (Å²) in [7, 11) is -1.28. The van der Waals surface area contributed by atoms with Gasteiger partial charge < -0.3 is 10.6 Å². The monoisotopic (exact) mass is 342 g/mol. The summed E-state index contributed by atoms with van der Waals surface area (Å²) >= 11 is 6.17. The van der Waals surface area contributed by atoms with Crippen LogP contribution in [0.5, 0.6) is 0 Å². The highest BCUT2D eigenvalue weighted by Gasteiger charge is 2.51. The Balaban J connectivity index is 1.83. The van der Waals surface area contributed by atoms with Crippen LogP contribution in [0, 0.1) is 12.3 Å². The lowest BCUT2D eigenvalue weighted by molar-refractivity contribution is 0.0465. The fourth-order valence-electron chi connectivity index (χ4n) is 3.82. The highest BCUT2D eigenvalue weighted by Crippen LogP contribution is 2.53. The molecule has 1 saturated heterocycles. The van der Waals surface area contributed by atoms with Crippen LogP contribution in [0.3, 0.4) is 0 Å². The minimum Gasteiger partial charge on any atom is -0.398 e. The van der Waals surface area contributed by atoms with E-state index in [1.165, 1.54) is 0 Å². The molecule has 1 aromatic rings. The van der Waals surface area contributed by atoms with Crippen LogP contribution >= 0.6 is 11.6 Å². The molecule has 1 aliphatic heterocycles. The van der Waals surface area contributed by atoms with Gasteiger partial charge in [0, 0.05) is 5.69 Å². The first-order valence-electron chi connectivity index (χ1n) is 7.72. The standard InChI is InChI=1S/C16H23ClN2O2S/c1-11-14(18)4-3-13(17)15(11)22(20,21)12-9-16(10-12)5-7-19(2)8-6-16/h3-4,12H,5-10,18H2,1-2H3. The van der Waals surface area contributed by atoms with Gasteiger partial charge in [-0.05, 0) is 75.9 Å². The Morgan fingerprint density at radius 2 is 1.86 bits per heavy atom. The summed E-state index contributed by atoms with van der Waals surface area (Å²) in [4.78, 5) is 2.55. The lowest BCUT2D eigenvalue weighted by atomic mass is 9.63. The number of nitrogen functional groups attached to an aromatic ring is 1. The number of piperidine rings is 1. The molecular weight excluding hydrogens is 320 g/mol. The molecule has 122 valence electrons. The predicted octanol–water partition coefficient (Wildman–Crippen LogP) is 2.88. The Bertz CT molecular complexity index is 686. The predicted molar refractivity (Wildman–Crippen MR) is 90.0 cm³/mol. The van der Waals surface area contributed by atoms with E-state index in [0.717, 1.165) is 38.8 Å². The number of anilines is 1. The minimum absolute atomic E-state index is 0.227. The number of likely N-dealkylation sites (tertiary alicyclic amines) is 1. The molecule has 2 N–H and O–H groups in total. The summed E-state index contributed by atoms with van der Waals surface area (Å²) in [6.07, 6.45) is 3.71. The van der Waals surface area contributed by atoms with Gasteiger partial charge in [0.05, 0.1) is 15.2 Å². The first-order chi connectivity index (χ1) is 10.3. The maximum Gasteiger partial charge on any atom is 0.183 e. The molecule has 0 bridgehead atoms. The Morgan fingerprint density at radius 1 is 1.27 bits per heavy atom. The molecule has 0 amide bonds. The normalized spacial score (nSPS) is 22.7. The number of nitrogens with zero attached hydrogens (tertiary/aromatic N) is 1. The molecule has 0 radical (unpaired) electrons. The highest BCUT2D eigenvalue weighted by molar-refractivity contribution is 7.92. The summed E-state index contributed by atoms with van der Waals surface area (Å²) in [6.45, 7) is 3.85. The molecule has 3 rings (SSSR count). The number of rotatable bonds is 2. The third kappa shape index (κ3) is 2.53. The minimum atomic E-state index is -3.40. The number of sulfone groups is 1. The first kappa shape index (κ1) is 16.1. The number of benzene rings is 1. The summed E-state index contributed by atoms with van der Waals surface area (Å²) in [6, 6.07) is 3.25. The van der Waals surface area contributed by atoms with Gasteiger partial charge in [0.15, 0.2) is 9.84 Å². The highest BCUT2D eigenvalue weighted by atomic mass is 35.5. The van der Waals surface area contributed by atoms with Gasteiger partial charge in [-0.3, -0.25) is 0 Å². The van der Waals surface area contributed by atoms with Crippen molar-refractivity contribution in [3.63, 3.8) is 0 Å². The van der Waals surface area contributed by atoms with E-state index < -0.39 is 9.84 Å². The summed E-state index contributed by atoms with van der Waals surface area (Å²) in [5.41, 5.74) is 7.16. The van der Waals surface area contributed by atoms with E-state index in [4.69, 9.17) is 17.3 Å². The van der Waals surface area contributed by atoms with Crippen molar-refractivity contribution in [2.45, 2.75) is 42.8 Å². The van der Waals surface area contributed by atoms with Crippen LogP contribution in [0.1, 0.15) is 31.2 Å². The Labute approximate surface area is 137 Å². The van der Waals surface area contributed by atoms with Gasteiger partial charge in [-0.1, -0.05) is 11.6 Å².